The van der Waals surface area contributed by atoms with Gasteiger partial charge in [0.25, 0.3) is 5.91 Å². The fourth-order valence-electron chi connectivity index (χ4n) is 3.08. The molecule has 4 heteroatoms. The molecule has 1 heterocycles. The SMILES string of the molecule is CCNc1cc(C(=O)N(C)C2CCCCCC2)cc(C)n1. The number of rotatable bonds is 4. The number of carbonyl (C=O) groups is 1. The van der Waals surface area contributed by atoms with Gasteiger partial charge in [-0.1, -0.05) is 25.7 Å². The number of aryl methyl sites for hydroxylation is 1. The molecular weight excluding hydrogens is 262 g/mol. The summed E-state index contributed by atoms with van der Waals surface area (Å²) in [5, 5.41) is 3.19. The standard InChI is InChI=1S/C17H27N3O/c1-4-18-16-12-14(11-13(2)19-16)17(21)20(3)15-9-7-5-6-8-10-15/h11-12,15H,4-10H2,1-3H3,(H,18,19). The number of carbonyl (C=O) groups excluding carboxylic acids is 1. The van der Waals surface area contributed by atoms with Crippen LogP contribution >= 0.6 is 0 Å². The molecule has 0 spiro atoms. The quantitative estimate of drug-likeness (QED) is 0.861. The van der Waals surface area contributed by atoms with Gasteiger partial charge in [-0.2, -0.15) is 0 Å². The average molecular weight is 289 g/mol. The minimum Gasteiger partial charge on any atom is -0.370 e. The molecule has 1 saturated carbocycles. The van der Waals surface area contributed by atoms with Crippen LogP contribution in [0.3, 0.4) is 0 Å². The average Bonchev–Trinajstić information content (AvgIpc) is 2.74. The predicted octanol–water partition coefficient (Wildman–Crippen LogP) is 3.62. The lowest BCUT2D eigenvalue weighted by molar-refractivity contribution is 0.0717. The Kier molecular flexibility index (Phi) is 5.59. The van der Waals surface area contributed by atoms with Gasteiger partial charge in [0.05, 0.1) is 0 Å². The number of nitrogens with zero attached hydrogens (tertiary/aromatic N) is 2. The summed E-state index contributed by atoms with van der Waals surface area (Å²) in [6, 6.07) is 4.14. The maximum Gasteiger partial charge on any atom is 0.254 e. The Morgan fingerprint density at radius 2 is 1.95 bits per heavy atom. The summed E-state index contributed by atoms with van der Waals surface area (Å²) in [6.07, 6.45) is 7.34. The molecule has 1 amide bonds. The van der Waals surface area contributed by atoms with Crippen molar-refractivity contribution in [2.24, 2.45) is 0 Å². The van der Waals surface area contributed by atoms with E-state index in [1.807, 2.05) is 37.9 Å². The topological polar surface area (TPSA) is 45.2 Å². The summed E-state index contributed by atoms with van der Waals surface area (Å²) in [4.78, 5) is 19.1. The lowest BCUT2D eigenvalue weighted by Gasteiger charge is -2.27. The van der Waals surface area contributed by atoms with E-state index in [4.69, 9.17) is 0 Å². The van der Waals surface area contributed by atoms with Gasteiger partial charge in [0.1, 0.15) is 5.82 Å². The van der Waals surface area contributed by atoms with Crippen LogP contribution < -0.4 is 5.32 Å². The molecule has 0 aromatic carbocycles. The Hall–Kier alpha value is -1.58. The first-order valence-corrected chi connectivity index (χ1v) is 8.11. The van der Waals surface area contributed by atoms with Gasteiger partial charge in [-0.3, -0.25) is 4.79 Å². The van der Waals surface area contributed by atoms with Crippen LogP contribution in [0.15, 0.2) is 12.1 Å². The number of hydrogen-bond donors (Lipinski definition) is 1. The van der Waals surface area contributed by atoms with Gasteiger partial charge >= 0.3 is 0 Å². The number of anilines is 1. The van der Waals surface area contributed by atoms with Crippen LogP contribution in [0.5, 0.6) is 0 Å². The number of nitrogens with one attached hydrogen (secondary N) is 1. The molecule has 21 heavy (non-hydrogen) atoms. The molecule has 1 aliphatic carbocycles. The van der Waals surface area contributed by atoms with E-state index >= 15 is 0 Å². The summed E-state index contributed by atoms with van der Waals surface area (Å²) in [7, 11) is 1.95. The van der Waals surface area contributed by atoms with Crippen molar-refractivity contribution in [3.63, 3.8) is 0 Å². The number of amides is 1. The van der Waals surface area contributed by atoms with E-state index in [2.05, 4.69) is 10.3 Å². The van der Waals surface area contributed by atoms with Crippen LogP contribution in [-0.2, 0) is 0 Å². The molecule has 0 atom stereocenters. The van der Waals surface area contributed by atoms with Gasteiger partial charge in [-0.15, -0.1) is 0 Å². The lowest BCUT2D eigenvalue weighted by atomic mass is 10.1. The van der Waals surface area contributed by atoms with E-state index in [0.717, 1.165) is 36.5 Å². The van der Waals surface area contributed by atoms with Crippen LogP contribution in [-0.4, -0.2) is 35.4 Å². The molecule has 0 bridgehead atoms. The monoisotopic (exact) mass is 289 g/mol. The van der Waals surface area contributed by atoms with Gasteiger partial charge < -0.3 is 10.2 Å². The van der Waals surface area contributed by atoms with Gasteiger partial charge in [-0.25, -0.2) is 4.98 Å². The second-order valence-corrected chi connectivity index (χ2v) is 5.97. The molecule has 1 aromatic heterocycles. The molecule has 1 N–H and O–H groups in total. The van der Waals surface area contributed by atoms with Gasteiger partial charge in [-0.05, 0) is 38.8 Å². The fourth-order valence-corrected chi connectivity index (χ4v) is 3.08. The van der Waals surface area contributed by atoms with E-state index < -0.39 is 0 Å². The first-order valence-electron chi connectivity index (χ1n) is 8.11. The second-order valence-electron chi connectivity index (χ2n) is 5.97. The molecule has 0 unspecified atom stereocenters. The summed E-state index contributed by atoms with van der Waals surface area (Å²) < 4.78 is 0. The molecule has 4 nitrogen and oxygen atoms in total. The third-order valence-corrected chi connectivity index (χ3v) is 4.25. The fraction of sp³-hybridized carbons (Fsp3) is 0.647. The van der Waals surface area contributed by atoms with E-state index in [0.29, 0.717) is 6.04 Å². The lowest BCUT2D eigenvalue weighted by Crippen LogP contribution is -2.36. The van der Waals surface area contributed by atoms with Crippen LogP contribution in [0, 0.1) is 6.92 Å². The molecule has 116 valence electrons. The molecule has 1 aromatic rings. The van der Waals surface area contributed by atoms with Crippen LogP contribution in [0.4, 0.5) is 5.82 Å². The first kappa shape index (κ1) is 15.8. The Bertz CT molecular complexity index is 479. The van der Waals surface area contributed by atoms with E-state index in [9.17, 15) is 4.79 Å². The Morgan fingerprint density at radius 3 is 2.57 bits per heavy atom. The zero-order chi connectivity index (χ0) is 15.2. The minimum absolute atomic E-state index is 0.117. The molecule has 0 aliphatic heterocycles. The van der Waals surface area contributed by atoms with E-state index in [1.54, 1.807) is 0 Å². The summed E-state index contributed by atoms with van der Waals surface area (Å²) in [5.74, 6) is 0.904. The van der Waals surface area contributed by atoms with E-state index in [-0.39, 0.29) is 5.91 Å². The summed E-state index contributed by atoms with van der Waals surface area (Å²) in [5.41, 5.74) is 1.62. The number of hydrogen-bond acceptors (Lipinski definition) is 3. The van der Waals surface area contributed by atoms with Crippen LogP contribution in [0.25, 0.3) is 0 Å². The maximum absolute atomic E-state index is 12.7. The van der Waals surface area contributed by atoms with Crippen molar-refractivity contribution >= 4 is 11.7 Å². The molecule has 2 rings (SSSR count). The highest BCUT2D eigenvalue weighted by atomic mass is 16.2. The highest BCUT2D eigenvalue weighted by Gasteiger charge is 2.22. The summed E-state index contributed by atoms with van der Waals surface area (Å²) in [6.45, 7) is 4.77. The first-order chi connectivity index (χ1) is 10.1. The maximum atomic E-state index is 12.7. The number of aromatic nitrogens is 1. The van der Waals surface area contributed by atoms with Gasteiger partial charge in [0.2, 0.25) is 0 Å². The molecule has 0 saturated heterocycles. The van der Waals surface area contributed by atoms with Crippen molar-refractivity contribution in [2.45, 2.75) is 58.4 Å². The van der Waals surface area contributed by atoms with Crippen molar-refractivity contribution in [3.05, 3.63) is 23.4 Å². The van der Waals surface area contributed by atoms with Crippen molar-refractivity contribution in [1.29, 1.82) is 0 Å². The zero-order valence-electron chi connectivity index (χ0n) is 13.5. The number of pyridine rings is 1. The zero-order valence-corrected chi connectivity index (χ0v) is 13.5. The van der Waals surface area contributed by atoms with Crippen molar-refractivity contribution in [1.82, 2.24) is 9.88 Å². The van der Waals surface area contributed by atoms with Crippen molar-refractivity contribution in [2.75, 3.05) is 18.9 Å². The molecule has 1 fully saturated rings. The van der Waals surface area contributed by atoms with Crippen molar-refractivity contribution in [3.8, 4) is 0 Å². The van der Waals surface area contributed by atoms with Gasteiger partial charge in [0.15, 0.2) is 0 Å². The second kappa shape index (κ2) is 7.43. The largest absolute Gasteiger partial charge is 0.370 e. The third-order valence-electron chi connectivity index (χ3n) is 4.25. The Morgan fingerprint density at radius 1 is 1.29 bits per heavy atom. The predicted molar refractivity (Wildman–Crippen MR) is 86.7 cm³/mol. The summed E-state index contributed by atoms with van der Waals surface area (Å²) >= 11 is 0. The Balaban J connectivity index is 2.14. The van der Waals surface area contributed by atoms with Crippen molar-refractivity contribution < 1.29 is 4.79 Å². The molecular formula is C17H27N3O. The highest BCUT2D eigenvalue weighted by molar-refractivity contribution is 5.95. The minimum atomic E-state index is 0.117. The molecule has 1 aliphatic rings. The van der Waals surface area contributed by atoms with E-state index in [1.165, 1.54) is 25.7 Å². The van der Waals surface area contributed by atoms with Crippen LogP contribution in [0.2, 0.25) is 0 Å². The Labute approximate surface area is 127 Å². The smallest absolute Gasteiger partial charge is 0.254 e. The highest BCUT2D eigenvalue weighted by Crippen LogP contribution is 2.23. The van der Waals surface area contributed by atoms with Gasteiger partial charge in [0, 0.05) is 30.9 Å². The molecule has 0 radical (unpaired) electrons. The van der Waals surface area contributed by atoms with Crippen LogP contribution in [0.1, 0.15) is 61.5 Å². The normalized spacial score (nSPS) is 16.3. The third kappa shape index (κ3) is 4.19.